The average Bonchev–Trinajstić information content (AvgIpc) is 2.78. The van der Waals surface area contributed by atoms with Crippen LogP contribution >= 0.6 is 0 Å². The number of nitrogens with zero attached hydrogens (tertiary/aromatic N) is 2. The van der Waals surface area contributed by atoms with Crippen molar-refractivity contribution in [3.05, 3.63) is 51.2 Å². The molecule has 0 unspecified atom stereocenters. The minimum absolute atomic E-state index is 0.00416. The Hall–Kier alpha value is -3.02. The van der Waals surface area contributed by atoms with E-state index >= 15 is 4.39 Å². The van der Waals surface area contributed by atoms with E-state index in [1.54, 1.807) is 19.0 Å². The molecule has 198 valence electrons. The number of nitrogens with two attached hydrogens (primary N) is 1. The van der Waals surface area contributed by atoms with Crippen molar-refractivity contribution in [2.24, 2.45) is 17.6 Å². The number of phenolic OH excluding ortho intramolecular Hbond substituents is 1. The fourth-order valence-electron chi connectivity index (χ4n) is 6.27. The van der Waals surface area contributed by atoms with Crippen molar-refractivity contribution in [3.63, 3.8) is 0 Å². The number of aryl methyl sites for hydroxylation is 1. The number of hydrogen-bond donors (Lipinski definition) is 5. The number of halogens is 1. The molecule has 0 spiro atoms. The summed E-state index contributed by atoms with van der Waals surface area (Å²) < 4.78 is 15.3. The summed E-state index contributed by atoms with van der Waals surface area (Å²) in [6, 6.07) is 0.319. The molecule has 4 atom stereocenters. The fraction of sp³-hybridized carbons (Fsp3) is 0.500. The third-order valence-corrected chi connectivity index (χ3v) is 7.99. The van der Waals surface area contributed by atoms with Gasteiger partial charge in [-0.3, -0.25) is 0 Å². The molecule has 0 aliphatic heterocycles. The van der Waals surface area contributed by atoms with Gasteiger partial charge in [-0.15, -0.1) is 0 Å². The van der Waals surface area contributed by atoms with Crippen molar-refractivity contribution in [3.8, 4) is 5.75 Å². The number of rotatable bonds is 6. The Balaban J connectivity index is 1.87. The quantitative estimate of drug-likeness (QED) is 0.341. The molecule has 9 nitrogen and oxygen atoms in total. The molecule has 1 amide bonds. The molecular weight excluding hydrogens is 480 g/mol. The molecule has 0 saturated carbocycles. The number of fused-ring (bicyclic) bond motifs is 3. The normalized spacial score (nSPS) is 27.5. The summed E-state index contributed by atoms with van der Waals surface area (Å²) in [7, 11) is 10.8. The van der Waals surface area contributed by atoms with Gasteiger partial charge in [0.25, 0.3) is 0 Å². The molecule has 1 aromatic carbocycles. The Morgan fingerprint density at radius 2 is 1.89 bits per heavy atom. The van der Waals surface area contributed by atoms with E-state index in [9.17, 15) is 30.0 Å². The first-order valence-electron chi connectivity index (χ1n) is 12.2. The first-order chi connectivity index (χ1) is 17.2. The minimum atomic E-state index is -2.28. The Morgan fingerprint density at radius 1 is 1.24 bits per heavy atom. The summed E-state index contributed by atoms with van der Waals surface area (Å²) in [4.78, 5) is 29.5. The Labute approximate surface area is 215 Å². The van der Waals surface area contributed by atoms with Gasteiger partial charge >= 0.3 is 201 Å². The van der Waals surface area contributed by atoms with Crippen LogP contribution in [0, 0.1) is 17.7 Å². The molecule has 4 rings (SSSR count). The Morgan fingerprint density at radius 3 is 2.46 bits per heavy atom. The van der Waals surface area contributed by atoms with Crippen molar-refractivity contribution < 1.29 is 34.4 Å². The van der Waals surface area contributed by atoms with E-state index in [1.807, 2.05) is 19.0 Å². The van der Waals surface area contributed by atoms with Crippen LogP contribution in [-0.2, 0) is 17.6 Å². The maximum atomic E-state index is 15.3. The number of aliphatic hydroxyl groups is 3. The Bertz CT molecular complexity index is 1270. The van der Waals surface area contributed by atoms with E-state index in [2.05, 4.69) is 7.49 Å². The Kier molecular flexibility index (Phi) is 6.85. The van der Waals surface area contributed by atoms with Crippen LogP contribution < -0.4 is 5.73 Å². The number of allylic oxidation sites excluding steroid dienone is 1. The fourth-order valence-corrected chi connectivity index (χ4v) is 6.27. The average molecular weight is 513 g/mol. The number of primary amides is 1. The number of carbonyl (C=O) groups excluding carboxylic acids is 2. The van der Waals surface area contributed by atoms with Gasteiger partial charge in [0, 0.05) is 0 Å². The third kappa shape index (κ3) is 4.00. The van der Waals surface area contributed by atoms with E-state index in [4.69, 9.17) is 5.73 Å². The van der Waals surface area contributed by atoms with Gasteiger partial charge in [-0.25, -0.2) is 0 Å². The molecular formula is C26H33BFN3O6. The standard InChI is InChI=1S/C26H33BFN3O6/c1-30(2)7-5-6-11-10-15(28)13-8-12-9-14-19(31(3)4)22(34)18(25(29)36)23(27)26(14,37)24(35)16(12)21(33)17(13)20(11)32/h10,12,14,19,27,32,34-35,37H,5-9H2,1-4H3,(H2,29,36)/t12-,14-,19-,26+/m0/s1. The van der Waals surface area contributed by atoms with Gasteiger partial charge in [0.2, 0.25) is 0 Å². The number of ketones is 1. The number of likely N-dealkylation sites (N-methyl/N-ethyl adjacent to an activating group) is 1. The van der Waals surface area contributed by atoms with E-state index < -0.39 is 52.3 Å². The number of aromatic hydroxyl groups is 1. The number of aliphatic hydroxyl groups excluding tert-OH is 2. The van der Waals surface area contributed by atoms with Crippen LogP contribution in [0.3, 0.4) is 0 Å². The van der Waals surface area contributed by atoms with Crippen molar-refractivity contribution in [2.45, 2.75) is 37.3 Å². The molecule has 0 saturated heterocycles. The first-order valence-corrected chi connectivity index (χ1v) is 12.2. The molecule has 0 fully saturated rings. The van der Waals surface area contributed by atoms with Gasteiger partial charge in [0.05, 0.1) is 0 Å². The summed E-state index contributed by atoms with van der Waals surface area (Å²) in [6.45, 7) is 0.701. The van der Waals surface area contributed by atoms with Crippen molar-refractivity contribution in [1.82, 2.24) is 9.80 Å². The summed E-state index contributed by atoms with van der Waals surface area (Å²) in [5.41, 5.74) is 2.44. The van der Waals surface area contributed by atoms with Crippen LogP contribution in [-0.4, -0.2) is 101 Å². The molecule has 37 heavy (non-hydrogen) atoms. The third-order valence-electron chi connectivity index (χ3n) is 7.99. The second-order valence-corrected chi connectivity index (χ2v) is 10.7. The van der Waals surface area contributed by atoms with Gasteiger partial charge in [0.1, 0.15) is 0 Å². The zero-order chi connectivity index (χ0) is 27.6. The zero-order valence-corrected chi connectivity index (χ0v) is 21.5. The maximum absolute atomic E-state index is 15.3. The second-order valence-electron chi connectivity index (χ2n) is 10.7. The van der Waals surface area contributed by atoms with Gasteiger partial charge in [-0.05, 0) is 14.1 Å². The van der Waals surface area contributed by atoms with Crippen LogP contribution in [0.4, 0.5) is 4.39 Å². The predicted molar refractivity (Wildman–Crippen MR) is 138 cm³/mol. The number of amides is 1. The first kappa shape index (κ1) is 27.0. The number of Topliss-reactive ketones (excluding diaryl/α,β-unsaturated/α-hetero) is 1. The predicted octanol–water partition coefficient (Wildman–Crippen LogP) is 0.258. The number of phenols is 1. The van der Waals surface area contributed by atoms with Crippen LogP contribution in [0.15, 0.2) is 28.7 Å². The number of hydrogen-bond acceptors (Lipinski definition) is 8. The van der Waals surface area contributed by atoms with Crippen LogP contribution in [0.5, 0.6) is 5.75 Å². The molecule has 1 aromatic rings. The van der Waals surface area contributed by atoms with Gasteiger partial charge < -0.3 is 0 Å². The molecule has 11 heteroatoms. The van der Waals surface area contributed by atoms with Crippen LogP contribution in [0.2, 0.25) is 0 Å². The van der Waals surface area contributed by atoms with E-state index in [0.717, 1.165) is 0 Å². The molecule has 6 N–H and O–H groups in total. The molecule has 0 heterocycles. The van der Waals surface area contributed by atoms with Crippen LogP contribution in [0.1, 0.15) is 34.3 Å². The summed E-state index contributed by atoms with van der Waals surface area (Å²) in [5, 5.41) is 45.2. The molecule has 3 aliphatic carbocycles. The van der Waals surface area contributed by atoms with Crippen molar-refractivity contribution in [2.75, 3.05) is 34.7 Å². The van der Waals surface area contributed by atoms with Crippen molar-refractivity contribution >= 4 is 24.6 Å². The van der Waals surface area contributed by atoms with E-state index in [1.165, 1.54) is 6.07 Å². The molecule has 0 aromatic heterocycles. The van der Waals surface area contributed by atoms with Crippen LogP contribution in [0.25, 0.3) is 0 Å². The van der Waals surface area contributed by atoms with Gasteiger partial charge in [-0.2, -0.15) is 0 Å². The van der Waals surface area contributed by atoms with E-state index in [0.29, 0.717) is 19.4 Å². The van der Waals surface area contributed by atoms with Crippen molar-refractivity contribution in [1.29, 1.82) is 0 Å². The molecule has 0 bridgehead atoms. The molecule has 0 radical (unpaired) electrons. The monoisotopic (exact) mass is 513 g/mol. The summed E-state index contributed by atoms with van der Waals surface area (Å²) in [6.07, 6.45) is 1.05. The van der Waals surface area contributed by atoms with Gasteiger partial charge in [-0.1, -0.05) is 0 Å². The van der Waals surface area contributed by atoms with E-state index in [-0.39, 0.29) is 52.1 Å². The zero-order valence-electron chi connectivity index (χ0n) is 21.5. The summed E-state index contributed by atoms with van der Waals surface area (Å²) >= 11 is 0. The number of carbonyl (C=O) groups is 2. The topological polar surface area (TPSA) is 148 Å². The SMILES string of the molecule is B=C1C(C(N)=O)=C(O)[C@@H](N(C)C)[C@@H]2C[C@@H]3Cc4c(F)cc(CCCN(C)C)c(O)c4C(=O)C3=C(O)[C@]12O. The van der Waals surface area contributed by atoms with Gasteiger partial charge in [0.15, 0.2) is 0 Å². The number of benzene rings is 1. The summed E-state index contributed by atoms with van der Waals surface area (Å²) in [5.74, 6) is -5.49. The molecule has 3 aliphatic rings. The second kappa shape index (κ2) is 9.38.